The molecule has 4 aromatic heterocycles. The van der Waals surface area contributed by atoms with Gasteiger partial charge in [0.2, 0.25) is 0 Å². The molecule has 10 heterocycles. The Morgan fingerprint density at radius 3 is 0.973 bits per heavy atom. The van der Waals surface area contributed by atoms with Gasteiger partial charge in [-0.2, -0.15) is 0 Å². The van der Waals surface area contributed by atoms with Crippen molar-refractivity contribution in [1.29, 1.82) is 0 Å². The summed E-state index contributed by atoms with van der Waals surface area (Å²) in [7, 11) is 0. The number of aliphatic imine (C=N–C) groups is 6. The zero-order chi connectivity index (χ0) is 102. The van der Waals surface area contributed by atoms with Gasteiger partial charge in [-0.25, -0.2) is 19.9 Å². The van der Waals surface area contributed by atoms with Crippen molar-refractivity contribution in [3.05, 3.63) is 355 Å². The lowest BCUT2D eigenvalue weighted by atomic mass is 9.92. The van der Waals surface area contributed by atoms with E-state index in [4.69, 9.17) is 20.0 Å². The molecule has 0 saturated heterocycles. The first-order chi connectivity index (χ1) is 71.4. The van der Waals surface area contributed by atoms with Gasteiger partial charge in [0.25, 0.3) is 0 Å². The Morgan fingerprint density at radius 2 is 0.534 bits per heavy atom. The van der Waals surface area contributed by atoms with E-state index in [9.17, 15) is 0 Å². The summed E-state index contributed by atoms with van der Waals surface area (Å²) in [6, 6.07) is 72.8. The highest BCUT2D eigenvalue weighted by Gasteiger charge is 2.37. The number of nitrogens with one attached hydrogen (secondary N) is 4. The lowest BCUT2D eigenvalue weighted by Gasteiger charge is -2.11. The molecule has 4 N–H and O–H groups in total. The van der Waals surface area contributed by atoms with E-state index in [1.54, 1.807) is 0 Å². The van der Waals surface area contributed by atoms with Crippen molar-refractivity contribution in [2.75, 3.05) is 0 Å². The SMILES string of the molecule is CC(C)C1=NC2=C(C1)c1cc3c(cc1C2)-c1ccc(-c2cnc(C(C)C)[nH]2)cc1C3.CC(C)C1=NC2=C(C1)c1ccc(-c3ccc(-c4cnc(C(C)C)[nH]4)cc3)cc1C2.CC(C)C1=NC2=C(C1)c1ccc(-c3ccc4c5c(ccc4c3)N=C(C(C)C)C5)cc1C2.CC(C)C1=NC=C(c2cc3c4c(c2)Cc2cc(-c5cnc(C(C)C)[nH]5)cc(c2-4)C3)C1.CC(C)C1=NC=C(c2ccc(-c3ccc(-c4cnc(C(C)C)[nH]4)cc3)cc2)C1. The molecule has 6 aliphatic heterocycles. The first-order valence-electron chi connectivity index (χ1n) is 54.4. The van der Waals surface area contributed by atoms with Gasteiger partial charge in [0.15, 0.2) is 0 Å². The van der Waals surface area contributed by atoms with E-state index in [2.05, 4.69) is 389 Å². The van der Waals surface area contributed by atoms with Crippen LogP contribution in [0.4, 0.5) is 5.69 Å². The van der Waals surface area contributed by atoms with Gasteiger partial charge in [0.1, 0.15) is 23.3 Å². The molecular formula is C134H136N14. The maximum Gasteiger partial charge on any atom is 0.109 e. The summed E-state index contributed by atoms with van der Waals surface area (Å²) in [4.78, 5) is 60.9. The second kappa shape index (κ2) is 39.1. The molecule has 0 spiro atoms. The van der Waals surface area contributed by atoms with Crippen LogP contribution in [0, 0.1) is 35.5 Å². The lowest BCUT2D eigenvalue weighted by molar-refractivity contribution is 0.795. The molecule has 0 amide bonds. The topological polar surface area (TPSA) is 189 Å². The van der Waals surface area contributed by atoms with Crippen LogP contribution in [0.1, 0.15) is 301 Å². The zero-order valence-electron chi connectivity index (χ0n) is 89.7. The number of allylic oxidation sites excluding steroid dienone is 8. The Bertz CT molecular complexity index is 8230. The van der Waals surface area contributed by atoms with Crippen molar-refractivity contribution in [2.24, 2.45) is 65.5 Å². The second-order valence-electron chi connectivity index (χ2n) is 46.0. The summed E-state index contributed by atoms with van der Waals surface area (Å²) in [6.45, 7) is 44.1. The maximum absolute atomic E-state index is 4.96. The van der Waals surface area contributed by atoms with Gasteiger partial charge in [0, 0.05) is 151 Å². The minimum Gasteiger partial charge on any atom is -0.342 e. The summed E-state index contributed by atoms with van der Waals surface area (Å²) in [5.74, 6) is 8.95. The predicted octanol–water partition coefficient (Wildman–Crippen LogP) is 34.0. The molecular weight excluding hydrogens is 1810 g/mol. The van der Waals surface area contributed by atoms with E-state index in [0.717, 1.165) is 134 Å². The minimum atomic E-state index is 0.406. The summed E-state index contributed by atoms with van der Waals surface area (Å²) >= 11 is 0. The third-order valence-corrected chi connectivity index (χ3v) is 32.4. The van der Waals surface area contributed by atoms with Gasteiger partial charge in [-0.05, 0) is 286 Å². The van der Waals surface area contributed by atoms with E-state index >= 15 is 0 Å². The Hall–Kier alpha value is -14.8. The largest absolute Gasteiger partial charge is 0.342 e. The third-order valence-electron chi connectivity index (χ3n) is 32.4. The number of aromatic nitrogens is 8. The molecule has 14 nitrogen and oxygen atoms in total. The molecule has 11 aromatic carbocycles. The van der Waals surface area contributed by atoms with E-state index in [-0.39, 0.29) is 0 Å². The molecule has 27 rings (SSSR count). The number of H-pyrrole nitrogens is 4. The fourth-order valence-electron chi connectivity index (χ4n) is 23.4. The third kappa shape index (κ3) is 18.6. The van der Waals surface area contributed by atoms with Crippen LogP contribution in [0.3, 0.4) is 0 Å². The summed E-state index contributed by atoms with van der Waals surface area (Å²) in [5, 5.41) is 2.65. The number of benzene rings is 11. The van der Waals surface area contributed by atoms with Crippen LogP contribution in [-0.4, -0.2) is 74.1 Å². The van der Waals surface area contributed by atoms with Gasteiger partial charge >= 0.3 is 0 Å². The number of imidazole rings is 4. The monoisotopic (exact) mass is 1940 g/mol. The van der Waals surface area contributed by atoms with Crippen LogP contribution in [0.25, 0.3) is 139 Å². The van der Waals surface area contributed by atoms with Crippen molar-refractivity contribution in [2.45, 2.75) is 239 Å². The van der Waals surface area contributed by atoms with Gasteiger partial charge in [-0.1, -0.05) is 296 Å². The van der Waals surface area contributed by atoms with Crippen LogP contribution in [0.2, 0.25) is 0 Å². The first-order valence-corrected chi connectivity index (χ1v) is 54.4. The van der Waals surface area contributed by atoms with Crippen LogP contribution >= 0.6 is 0 Å². The fraction of sp³-hybridized carbons (Fsp3) is 0.313. The van der Waals surface area contributed by atoms with Crippen LogP contribution in [0.15, 0.2) is 278 Å². The number of nitrogens with zero attached hydrogens (tertiary/aromatic N) is 10. The van der Waals surface area contributed by atoms with Gasteiger partial charge in [-0.15, -0.1) is 0 Å². The molecule has 6 aliphatic carbocycles. The molecule has 742 valence electrons. The van der Waals surface area contributed by atoms with Crippen LogP contribution in [-0.2, 0) is 44.9 Å². The summed E-state index contributed by atoms with van der Waals surface area (Å²) in [5.41, 5.74) is 64.0. The molecule has 14 heteroatoms. The Balaban J connectivity index is 0.000000102. The Kier molecular flexibility index (Phi) is 25.6. The van der Waals surface area contributed by atoms with Crippen LogP contribution in [0.5, 0.6) is 0 Å². The highest BCUT2D eigenvalue weighted by molar-refractivity contribution is 6.08. The molecule has 0 unspecified atom stereocenters. The summed E-state index contributed by atoms with van der Waals surface area (Å²) < 4.78 is 0. The van der Waals surface area contributed by atoms with Gasteiger partial charge in [0.05, 0.1) is 53.3 Å². The average Bonchev–Trinajstić information content (AvgIpc) is 1.56. The smallest absolute Gasteiger partial charge is 0.109 e. The fourth-order valence-corrected chi connectivity index (χ4v) is 23.4. The predicted molar refractivity (Wildman–Crippen MR) is 620 cm³/mol. The summed E-state index contributed by atoms with van der Waals surface area (Å²) in [6.07, 6.45) is 24.0. The van der Waals surface area contributed by atoms with E-state index in [1.165, 1.54) is 246 Å². The highest BCUT2D eigenvalue weighted by Crippen LogP contribution is 2.53. The van der Waals surface area contributed by atoms with Crippen molar-refractivity contribution in [3.8, 4) is 101 Å². The zero-order valence-corrected chi connectivity index (χ0v) is 89.7. The Labute approximate surface area is 873 Å². The first kappa shape index (κ1) is 96.7. The van der Waals surface area contributed by atoms with Crippen molar-refractivity contribution in [3.63, 3.8) is 0 Å². The number of rotatable bonds is 19. The minimum absolute atomic E-state index is 0.406. The number of hydrogen-bond acceptors (Lipinski definition) is 10. The lowest BCUT2D eigenvalue weighted by Crippen LogP contribution is -2.06. The van der Waals surface area contributed by atoms with E-state index < -0.39 is 0 Å². The number of hydrogen-bond donors (Lipinski definition) is 4. The molecule has 12 aliphatic rings. The molecule has 0 atom stereocenters. The highest BCUT2D eigenvalue weighted by atomic mass is 14.9. The molecule has 148 heavy (non-hydrogen) atoms. The van der Waals surface area contributed by atoms with Crippen molar-refractivity contribution >= 4 is 78.6 Å². The van der Waals surface area contributed by atoms with Crippen molar-refractivity contribution < 1.29 is 0 Å². The molecule has 0 fully saturated rings. The van der Waals surface area contributed by atoms with Crippen molar-refractivity contribution in [1.82, 2.24) is 39.9 Å². The maximum atomic E-state index is 4.96. The van der Waals surface area contributed by atoms with Crippen LogP contribution < -0.4 is 0 Å². The quantitative estimate of drug-likeness (QED) is 0.0627. The van der Waals surface area contributed by atoms with Gasteiger partial charge in [-0.3, -0.25) is 30.0 Å². The molecule has 0 saturated carbocycles. The van der Waals surface area contributed by atoms with E-state index in [0.29, 0.717) is 59.2 Å². The molecule has 0 bridgehead atoms. The number of aromatic amines is 4. The van der Waals surface area contributed by atoms with E-state index in [1.807, 2.05) is 31.0 Å². The standard InChI is InChI=1S/C29H28N2.2C27H27N3.C26H27N3.C25H27N3/c1-16(2)27-14-24-22-8-5-18(11-20(22)7-10-26(24)30-27)19-6-9-23-21(12-19)13-29-25(23)15-28(31-29)17(3)4;1-14(2)23-11-22(12-28-23)16-5-18-9-20-7-17(24-13-29-27(30-24)15(3)4)8-21-10-19(6-16)25(18)26(20)21;1-14(2)24-12-23-22-9-18-8-17-7-16(26-13-28-27(30-26)15(3)4)5-6-20(17)21(18)10-19(22)11-25(23)29-24;1-15(2)23-13-22-21-10-9-19(11-20(21)12-24(22)28-23)17-5-7-18(8-6-17)25-14-27-26(29-25)16(3)4;1-16(2)23-13-22(14-26-23)20-7-5-18(6-8-20)19-9-11-21(12-10-19)24-15-27-25(28-24)17(3)4/h5-12,16-17H,13-15H2,1-4H3;5-8,12-15H,9-11H2,1-4H3,(H,29,30);5-7,9-10,13-15H,8,11-12H2,1-4H3,(H,28,30);5-11,14-16H,12-13H2,1-4H3,(H,27,29);5-12,14-17H,13H2,1-4H3,(H,27,28). The average molecular weight is 1940 g/mol. The van der Waals surface area contributed by atoms with Gasteiger partial charge < -0.3 is 19.9 Å². The Morgan fingerprint density at radius 1 is 0.216 bits per heavy atom. The normalized spacial score (nSPS) is 15.7. The second-order valence-corrected chi connectivity index (χ2v) is 46.0. The number of fused-ring (bicyclic) bond motifs is 12. The molecule has 0 radical (unpaired) electrons. The molecule has 15 aromatic rings.